The highest BCUT2D eigenvalue weighted by Crippen LogP contribution is 2.11. The second kappa shape index (κ2) is 8.76. The molecule has 0 unspecified atom stereocenters. The average Bonchev–Trinajstić information content (AvgIpc) is 2.66. The van der Waals surface area contributed by atoms with E-state index in [1.807, 2.05) is 30.3 Å². The lowest BCUT2D eigenvalue weighted by Gasteiger charge is -2.31. The SMILES string of the molecule is CCCN1CCC(NC(=O)c2ccc(=O)n(Cc3ccccc3)n2)CC1. The molecule has 3 rings (SSSR count). The van der Waals surface area contributed by atoms with Gasteiger partial charge >= 0.3 is 0 Å². The van der Waals surface area contributed by atoms with Crippen molar-refractivity contribution in [3.63, 3.8) is 0 Å². The van der Waals surface area contributed by atoms with Crippen LogP contribution in [0.15, 0.2) is 47.3 Å². The van der Waals surface area contributed by atoms with Gasteiger partial charge in [0.25, 0.3) is 11.5 Å². The third-order valence-corrected chi connectivity index (χ3v) is 4.74. The molecule has 0 atom stereocenters. The number of nitrogens with zero attached hydrogens (tertiary/aromatic N) is 3. The largest absolute Gasteiger partial charge is 0.348 e. The summed E-state index contributed by atoms with van der Waals surface area (Å²) in [4.78, 5) is 27.0. The van der Waals surface area contributed by atoms with Gasteiger partial charge in [0.1, 0.15) is 5.69 Å². The maximum absolute atomic E-state index is 12.5. The molecule has 26 heavy (non-hydrogen) atoms. The van der Waals surface area contributed by atoms with Crippen molar-refractivity contribution in [1.82, 2.24) is 20.0 Å². The number of piperidine rings is 1. The zero-order chi connectivity index (χ0) is 18.4. The van der Waals surface area contributed by atoms with Gasteiger partial charge in [0.15, 0.2) is 0 Å². The highest BCUT2D eigenvalue weighted by Gasteiger charge is 2.21. The van der Waals surface area contributed by atoms with Crippen LogP contribution in [0.2, 0.25) is 0 Å². The Morgan fingerprint density at radius 2 is 1.88 bits per heavy atom. The summed E-state index contributed by atoms with van der Waals surface area (Å²) in [5, 5.41) is 7.32. The lowest BCUT2D eigenvalue weighted by Crippen LogP contribution is -2.45. The van der Waals surface area contributed by atoms with Crippen molar-refractivity contribution >= 4 is 5.91 Å². The first-order valence-corrected chi connectivity index (χ1v) is 9.31. The van der Waals surface area contributed by atoms with Crippen molar-refractivity contribution in [2.45, 2.75) is 38.8 Å². The minimum atomic E-state index is -0.210. The number of hydrogen-bond acceptors (Lipinski definition) is 4. The molecule has 6 heteroatoms. The predicted octanol–water partition coefficient (Wildman–Crippen LogP) is 1.90. The first-order valence-electron chi connectivity index (χ1n) is 9.31. The molecule has 1 N–H and O–H groups in total. The molecule has 2 aromatic rings. The highest BCUT2D eigenvalue weighted by molar-refractivity contribution is 5.92. The van der Waals surface area contributed by atoms with Gasteiger partial charge in [-0.3, -0.25) is 9.59 Å². The summed E-state index contributed by atoms with van der Waals surface area (Å²) in [6, 6.07) is 12.7. The molecule has 0 radical (unpaired) electrons. The van der Waals surface area contributed by atoms with E-state index in [-0.39, 0.29) is 23.2 Å². The number of carbonyl (C=O) groups excluding carboxylic acids is 1. The third kappa shape index (κ3) is 4.79. The van der Waals surface area contributed by atoms with Crippen LogP contribution in [0.4, 0.5) is 0 Å². The molecule has 1 aromatic heterocycles. The molecule has 0 saturated carbocycles. The lowest BCUT2D eigenvalue weighted by atomic mass is 10.0. The van der Waals surface area contributed by atoms with Gasteiger partial charge < -0.3 is 10.2 Å². The summed E-state index contributed by atoms with van der Waals surface area (Å²) >= 11 is 0. The maximum atomic E-state index is 12.5. The summed E-state index contributed by atoms with van der Waals surface area (Å²) in [5.74, 6) is -0.208. The smallest absolute Gasteiger partial charge is 0.271 e. The maximum Gasteiger partial charge on any atom is 0.271 e. The summed E-state index contributed by atoms with van der Waals surface area (Å²) < 4.78 is 1.34. The monoisotopic (exact) mass is 354 g/mol. The van der Waals surface area contributed by atoms with Crippen LogP contribution in [0, 0.1) is 0 Å². The van der Waals surface area contributed by atoms with Crippen LogP contribution in [0.3, 0.4) is 0 Å². The van der Waals surface area contributed by atoms with Crippen LogP contribution >= 0.6 is 0 Å². The molecular weight excluding hydrogens is 328 g/mol. The molecule has 1 saturated heterocycles. The van der Waals surface area contributed by atoms with Gasteiger partial charge in [0.2, 0.25) is 0 Å². The quantitative estimate of drug-likeness (QED) is 0.860. The Labute approximate surface area is 153 Å². The number of amides is 1. The first kappa shape index (κ1) is 18.3. The fourth-order valence-electron chi connectivity index (χ4n) is 3.32. The number of carbonyl (C=O) groups is 1. The fourth-order valence-corrected chi connectivity index (χ4v) is 3.32. The molecule has 138 valence electrons. The fraction of sp³-hybridized carbons (Fsp3) is 0.450. The third-order valence-electron chi connectivity index (χ3n) is 4.74. The Balaban J connectivity index is 1.63. The first-order chi connectivity index (χ1) is 12.7. The molecule has 1 aliphatic heterocycles. The minimum absolute atomic E-state index is 0.173. The Bertz CT molecular complexity index is 780. The van der Waals surface area contributed by atoms with Gasteiger partial charge in [-0.05, 0) is 37.4 Å². The standard InChI is InChI=1S/C20H26N4O2/c1-2-12-23-13-10-17(11-14-23)21-20(26)18-8-9-19(25)24(22-18)15-16-6-4-3-5-7-16/h3-9,17H,2,10-15H2,1H3,(H,21,26). The summed E-state index contributed by atoms with van der Waals surface area (Å²) in [6.45, 7) is 5.69. The number of aromatic nitrogens is 2. The van der Waals surface area contributed by atoms with E-state index in [0.717, 1.165) is 44.5 Å². The van der Waals surface area contributed by atoms with Crippen molar-refractivity contribution in [1.29, 1.82) is 0 Å². The normalized spacial score (nSPS) is 15.7. The second-order valence-electron chi connectivity index (χ2n) is 6.79. The van der Waals surface area contributed by atoms with E-state index in [4.69, 9.17) is 0 Å². The minimum Gasteiger partial charge on any atom is -0.348 e. The second-order valence-corrected chi connectivity index (χ2v) is 6.79. The summed E-state index contributed by atoms with van der Waals surface area (Å²) in [7, 11) is 0. The number of benzene rings is 1. The Morgan fingerprint density at radius 1 is 1.15 bits per heavy atom. The van der Waals surface area contributed by atoms with Crippen LogP contribution in [0.1, 0.15) is 42.2 Å². The van der Waals surface area contributed by atoms with E-state index < -0.39 is 0 Å². The number of hydrogen-bond donors (Lipinski definition) is 1. The molecule has 0 spiro atoms. The van der Waals surface area contributed by atoms with Crippen molar-refractivity contribution in [2.75, 3.05) is 19.6 Å². The van der Waals surface area contributed by atoms with Crippen molar-refractivity contribution in [3.05, 3.63) is 64.1 Å². The van der Waals surface area contributed by atoms with Crippen LogP contribution in [-0.2, 0) is 6.54 Å². The van der Waals surface area contributed by atoms with Crippen LogP contribution in [0.5, 0.6) is 0 Å². The number of rotatable bonds is 6. The van der Waals surface area contributed by atoms with Crippen molar-refractivity contribution in [3.8, 4) is 0 Å². The van der Waals surface area contributed by atoms with Gasteiger partial charge in [-0.25, -0.2) is 4.68 Å². The van der Waals surface area contributed by atoms with Crippen molar-refractivity contribution < 1.29 is 4.79 Å². The lowest BCUT2D eigenvalue weighted by molar-refractivity contribution is 0.0903. The van der Waals surface area contributed by atoms with Crippen LogP contribution < -0.4 is 10.9 Å². The van der Waals surface area contributed by atoms with Crippen molar-refractivity contribution in [2.24, 2.45) is 0 Å². The van der Waals surface area contributed by atoms with E-state index in [1.54, 1.807) is 0 Å². The summed E-state index contributed by atoms with van der Waals surface area (Å²) in [6.07, 6.45) is 3.06. The van der Waals surface area contributed by atoms with E-state index in [9.17, 15) is 9.59 Å². The zero-order valence-electron chi connectivity index (χ0n) is 15.2. The van der Waals surface area contributed by atoms with E-state index in [1.165, 1.54) is 16.8 Å². The Hall–Kier alpha value is -2.47. The van der Waals surface area contributed by atoms with Crippen LogP contribution in [-0.4, -0.2) is 46.3 Å². The van der Waals surface area contributed by atoms with Gasteiger partial charge in [-0.15, -0.1) is 0 Å². The van der Waals surface area contributed by atoms with Gasteiger partial charge in [0, 0.05) is 25.2 Å². The average molecular weight is 354 g/mol. The predicted molar refractivity (Wildman–Crippen MR) is 101 cm³/mol. The van der Waals surface area contributed by atoms with Gasteiger partial charge in [-0.1, -0.05) is 37.3 Å². The molecular formula is C20H26N4O2. The molecule has 1 amide bonds. The molecule has 2 heterocycles. The molecule has 0 aliphatic carbocycles. The Kier molecular flexibility index (Phi) is 6.17. The molecule has 6 nitrogen and oxygen atoms in total. The topological polar surface area (TPSA) is 67.2 Å². The highest BCUT2D eigenvalue weighted by atomic mass is 16.2. The zero-order valence-corrected chi connectivity index (χ0v) is 15.2. The van der Waals surface area contributed by atoms with E-state index in [0.29, 0.717) is 6.54 Å². The molecule has 1 aliphatic rings. The van der Waals surface area contributed by atoms with E-state index >= 15 is 0 Å². The summed E-state index contributed by atoms with van der Waals surface area (Å²) in [5.41, 5.74) is 1.05. The molecule has 1 aromatic carbocycles. The molecule has 1 fully saturated rings. The van der Waals surface area contributed by atoms with E-state index in [2.05, 4.69) is 22.2 Å². The van der Waals surface area contributed by atoms with Gasteiger partial charge in [0.05, 0.1) is 6.54 Å². The van der Waals surface area contributed by atoms with Crippen LogP contribution in [0.25, 0.3) is 0 Å². The molecule has 0 bridgehead atoms. The van der Waals surface area contributed by atoms with Gasteiger partial charge in [-0.2, -0.15) is 5.10 Å². The Morgan fingerprint density at radius 3 is 2.58 bits per heavy atom. The number of nitrogens with one attached hydrogen (secondary N) is 1. The number of likely N-dealkylation sites (tertiary alicyclic amines) is 1.